The van der Waals surface area contributed by atoms with Crippen LogP contribution in [0.3, 0.4) is 0 Å². The Bertz CT molecular complexity index is 878. The highest BCUT2D eigenvalue weighted by molar-refractivity contribution is 5.95. The summed E-state index contributed by atoms with van der Waals surface area (Å²) in [6.45, 7) is 8.29. The Labute approximate surface area is 177 Å². The Morgan fingerprint density at radius 3 is 1.90 bits per heavy atom. The van der Waals surface area contributed by atoms with E-state index in [2.05, 4.69) is 29.8 Å². The van der Waals surface area contributed by atoms with E-state index >= 15 is 0 Å². The van der Waals surface area contributed by atoms with Gasteiger partial charge in [-0.25, -0.2) is 0 Å². The Morgan fingerprint density at radius 1 is 0.833 bits per heavy atom. The molecule has 0 spiro atoms. The summed E-state index contributed by atoms with van der Waals surface area (Å²) in [7, 11) is 0. The van der Waals surface area contributed by atoms with Gasteiger partial charge in [0.25, 0.3) is 0 Å². The number of carbonyl (C=O) groups excluding carboxylic acids is 3. The second-order valence-electron chi connectivity index (χ2n) is 7.40. The molecule has 2 aromatic rings. The Kier molecular flexibility index (Phi) is 8.55. The fourth-order valence-corrected chi connectivity index (χ4v) is 3.03. The lowest BCUT2D eigenvalue weighted by atomic mass is 10.0. The quantitative estimate of drug-likeness (QED) is 0.588. The Balaban J connectivity index is 1.89. The van der Waals surface area contributed by atoms with Gasteiger partial charge in [-0.05, 0) is 48.4 Å². The average molecular weight is 411 g/mol. The molecule has 0 aliphatic carbocycles. The molecule has 3 amide bonds. The molecule has 0 aromatic heterocycles. The van der Waals surface area contributed by atoms with Crippen LogP contribution in [0.25, 0.3) is 0 Å². The molecule has 0 saturated carbocycles. The SMILES string of the molecule is CCN(CC(=O)Nc1ccc(NC(C)=O)cc1)CC(=O)Nc1ccccc1C(C)C. The van der Waals surface area contributed by atoms with Gasteiger partial charge in [0.05, 0.1) is 13.1 Å². The summed E-state index contributed by atoms with van der Waals surface area (Å²) in [5.41, 5.74) is 3.17. The number of amides is 3. The van der Waals surface area contributed by atoms with Crippen molar-refractivity contribution >= 4 is 34.8 Å². The van der Waals surface area contributed by atoms with Crippen molar-refractivity contribution in [1.82, 2.24) is 4.90 Å². The van der Waals surface area contributed by atoms with Crippen molar-refractivity contribution in [2.75, 3.05) is 35.6 Å². The largest absolute Gasteiger partial charge is 0.326 e. The first-order valence-electron chi connectivity index (χ1n) is 10.1. The van der Waals surface area contributed by atoms with Crippen molar-refractivity contribution in [1.29, 1.82) is 0 Å². The summed E-state index contributed by atoms with van der Waals surface area (Å²) in [6, 6.07) is 14.6. The molecule has 0 unspecified atom stereocenters. The summed E-state index contributed by atoms with van der Waals surface area (Å²) in [6.07, 6.45) is 0. The van der Waals surface area contributed by atoms with Gasteiger partial charge < -0.3 is 16.0 Å². The van der Waals surface area contributed by atoms with E-state index in [-0.39, 0.29) is 30.8 Å². The van der Waals surface area contributed by atoms with E-state index in [1.807, 2.05) is 31.2 Å². The zero-order valence-corrected chi connectivity index (χ0v) is 18.0. The van der Waals surface area contributed by atoms with Gasteiger partial charge in [-0.2, -0.15) is 0 Å². The van der Waals surface area contributed by atoms with Crippen molar-refractivity contribution in [3.8, 4) is 0 Å². The number of benzene rings is 2. The van der Waals surface area contributed by atoms with Gasteiger partial charge in [0.1, 0.15) is 0 Å². The molecule has 0 bridgehead atoms. The summed E-state index contributed by atoms with van der Waals surface area (Å²) in [4.78, 5) is 37.7. The van der Waals surface area contributed by atoms with Crippen molar-refractivity contribution in [2.24, 2.45) is 0 Å². The van der Waals surface area contributed by atoms with Crippen molar-refractivity contribution in [3.05, 3.63) is 54.1 Å². The molecule has 0 fully saturated rings. The average Bonchev–Trinajstić information content (AvgIpc) is 2.68. The van der Waals surface area contributed by atoms with Crippen LogP contribution >= 0.6 is 0 Å². The van der Waals surface area contributed by atoms with Gasteiger partial charge in [-0.3, -0.25) is 19.3 Å². The van der Waals surface area contributed by atoms with E-state index in [1.54, 1.807) is 29.2 Å². The summed E-state index contributed by atoms with van der Waals surface area (Å²) in [5, 5.41) is 8.44. The first-order valence-corrected chi connectivity index (χ1v) is 10.1. The zero-order valence-electron chi connectivity index (χ0n) is 18.0. The van der Waals surface area contributed by atoms with Crippen LogP contribution in [0.2, 0.25) is 0 Å². The van der Waals surface area contributed by atoms with Crippen molar-refractivity contribution < 1.29 is 14.4 Å². The molecule has 160 valence electrons. The third-order valence-electron chi connectivity index (χ3n) is 4.53. The van der Waals surface area contributed by atoms with Crippen LogP contribution in [-0.4, -0.2) is 42.3 Å². The monoisotopic (exact) mass is 410 g/mol. The van der Waals surface area contributed by atoms with Gasteiger partial charge in [0.2, 0.25) is 17.7 Å². The molecule has 0 aliphatic rings. The number of nitrogens with one attached hydrogen (secondary N) is 3. The van der Waals surface area contributed by atoms with Crippen LogP contribution in [-0.2, 0) is 14.4 Å². The maximum absolute atomic E-state index is 12.5. The standard InChI is InChI=1S/C23H30N4O3/c1-5-27(15-23(30)26-21-9-7-6-8-20(21)16(2)3)14-22(29)25-19-12-10-18(11-13-19)24-17(4)28/h6-13,16H,5,14-15H2,1-4H3,(H,24,28)(H,25,29)(H,26,30). The highest BCUT2D eigenvalue weighted by Gasteiger charge is 2.15. The third kappa shape index (κ3) is 7.33. The number of likely N-dealkylation sites (N-methyl/N-ethyl adjacent to an activating group) is 1. The van der Waals surface area contributed by atoms with Crippen LogP contribution in [0.15, 0.2) is 48.5 Å². The van der Waals surface area contributed by atoms with Gasteiger partial charge in [-0.1, -0.05) is 39.0 Å². The van der Waals surface area contributed by atoms with E-state index in [9.17, 15) is 14.4 Å². The molecule has 0 aliphatic heterocycles. The van der Waals surface area contributed by atoms with E-state index in [0.29, 0.717) is 23.8 Å². The second-order valence-corrected chi connectivity index (χ2v) is 7.40. The van der Waals surface area contributed by atoms with E-state index in [4.69, 9.17) is 0 Å². The zero-order chi connectivity index (χ0) is 22.1. The smallest absolute Gasteiger partial charge is 0.238 e. The van der Waals surface area contributed by atoms with Gasteiger partial charge in [0, 0.05) is 24.0 Å². The number of carbonyl (C=O) groups is 3. The molecule has 0 heterocycles. The molecule has 7 heteroatoms. The number of anilines is 3. The molecule has 2 aromatic carbocycles. The first kappa shape index (κ1) is 23.1. The lowest BCUT2D eigenvalue weighted by Crippen LogP contribution is -2.38. The summed E-state index contributed by atoms with van der Waals surface area (Å²) < 4.78 is 0. The van der Waals surface area contributed by atoms with E-state index in [1.165, 1.54) is 6.92 Å². The minimum absolute atomic E-state index is 0.100. The van der Waals surface area contributed by atoms with Crippen molar-refractivity contribution in [2.45, 2.75) is 33.6 Å². The predicted octanol–water partition coefficient (Wildman–Crippen LogP) is 3.67. The van der Waals surface area contributed by atoms with E-state index in [0.717, 1.165) is 11.3 Å². The second kappa shape index (κ2) is 11.1. The Morgan fingerprint density at radius 2 is 1.37 bits per heavy atom. The molecule has 30 heavy (non-hydrogen) atoms. The topological polar surface area (TPSA) is 90.5 Å². The molecular weight excluding hydrogens is 380 g/mol. The Hall–Kier alpha value is -3.19. The fourth-order valence-electron chi connectivity index (χ4n) is 3.03. The lowest BCUT2D eigenvalue weighted by molar-refractivity contribution is -0.120. The highest BCUT2D eigenvalue weighted by Crippen LogP contribution is 2.23. The number of hydrogen-bond acceptors (Lipinski definition) is 4. The molecule has 3 N–H and O–H groups in total. The van der Waals surface area contributed by atoms with Crippen LogP contribution in [0.1, 0.15) is 39.2 Å². The van der Waals surface area contributed by atoms with Gasteiger partial charge in [-0.15, -0.1) is 0 Å². The highest BCUT2D eigenvalue weighted by atomic mass is 16.2. The third-order valence-corrected chi connectivity index (χ3v) is 4.53. The number of hydrogen-bond donors (Lipinski definition) is 3. The molecule has 0 saturated heterocycles. The predicted molar refractivity (Wildman–Crippen MR) is 121 cm³/mol. The van der Waals surface area contributed by atoms with Gasteiger partial charge in [0.15, 0.2) is 0 Å². The normalized spacial score (nSPS) is 10.7. The maximum Gasteiger partial charge on any atom is 0.238 e. The molecule has 0 atom stereocenters. The summed E-state index contributed by atoms with van der Waals surface area (Å²) >= 11 is 0. The van der Waals surface area contributed by atoms with Crippen molar-refractivity contribution in [3.63, 3.8) is 0 Å². The first-order chi connectivity index (χ1) is 14.3. The molecule has 2 rings (SSSR count). The molecule has 7 nitrogen and oxygen atoms in total. The maximum atomic E-state index is 12.5. The van der Waals surface area contributed by atoms with E-state index < -0.39 is 0 Å². The summed E-state index contributed by atoms with van der Waals surface area (Å²) in [5.74, 6) is -0.219. The minimum Gasteiger partial charge on any atom is -0.326 e. The van der Waals surface area contributed by atoms with Crippen LogP contribution < -0.4 is 16.0 Å². The molecular formula is C23H30N4O3. The minimum atomic E-state index is -0.209. The van der Waals surface area contributed by atoms with Crippen LogP contribution in [0, 0.1) is 0 Å². The fraction of sp³-hybridized carbons (Fsp3) is 0.348. The van der Waals surface area contributed by atoms with Gasteiger partial charge >= 0.3 is 0 Å². The van der Waals surface area contributed by atoms with Crippen LogP contribution in [0.5, 0.6) is 0 Å². The number of nitrogens with zero attached hydrogens (tertiary/aromatic N) is 1. The number of rotatable bonds is 9. The molecule has 0 radical (unpaired) electrons. The lowest BCUT2D eigenvalue weighted by Gasteiger charge is -2.20. The van der Waals surface area contributed by atoms with Crippen LogP contribution in [0.4, 0.5) is 17.1 Å². The number of para-hydroxylation sites is 1.